The third-order valence-electron chi connectivity index (χ3n) is 2.83. The van der Waals surface area contributed by atoms with Gasteiger partial charge in [0, 0.05) is 6.54 Å². The Morgan fingerprint density at radius 2 is 2.20 bits per heavy atom. The number of carbonyl (C=O) groups is 2. The highest BCUT2D eigenvalue weighted by atomic mass is 16.4. The van der Waals surface area contributed by atoms with Crippen molar-refractivity contribution >= 4 is 11.9 Å². The van der Waals surface area contributed by atoms with Crippen molar-refractivity contribution in [2.24, 2.45) is 5.73 Å². The van der Waals surface area contributed by atoms with E-state index in [1.54, 1.807) is 0 Å². The number of amides is 1. The van der Waals surface area contributed by atoms with Crippen molar-refractivity contribution in [2.45, 2.75) is 44.7 Å². The van der Waals surface area contributed by atoms with Gasteiger partial charge in [0.2, 0.25) is 5.91 Å². The van der Waals surface area contributed by atoms with Crippen molar-refractivity contribution < 1.29 is 14.7 Å². The number of carbonyl (C=O) groups excluding carboxylic acids is 1. The monoisotopic (exact) mass is 214 g/mol. The molecule has 0 spiro atoms. The van der Waals surface area contributed by atoms with Crippen LogP contribution in [-0.2, 0) is 9.59 Å². The first kappa shape index (κ1) is 12.0. The number of likely N-dealkylation sites (tertiary alicyclic amines) is 1. The number of piperidine rings is 1. The Morgan fingerprint density at radius 1 is 1.53 bits per heavy atom. The van der Waals surface area contributed by atoms with Gasteiger partial charge in [-0.15, -0.1) is 0 Å². The molecule has 1 rings (SSSR count). The molecule has 15 heavy (non-hydrogen) atoms. The lowest BCUT2D eigenvalue weighted by Gasteiger charge is -2.34. The van der Waals surface area contributed by atoms with Crippen LogP contribution in [-0.4, -0.2) is 40.5 Å². The average molecular weight is 214 g/mol. The summed E-state index contributed by atoms with van der Waals surface area (Å²) < 4.78 is 0. The Bertz CT molecular complexity index is 255. The van der Waals surface area contributed by atoms with Crippen LogP contribution in [0.3, 0.4) is 0 Å². The van der Waals surface area contributed by atoms with Gasteiger partial charge in [0.25, 0.3) is 0 Å². The van der Waals surface area contributed by atoms with E-state index in [0.29, 0.717) is 19.4 Å². The van der Waals surface area contributed by atoms with Gasteiger partial charge in [0.05, 0.1) is 6.04 Å². The molecule has 0 aromatic rings. The predicted molar refractivity (Wildman–Crippen MR) is 55.3 cm³/mol. The number of hydrogen-bond donors (Lipinski definition) is 2. The molecule has 5 nitrogen and oxygen atoms in total. The summed E-state index contributed by atoms with van der Waals surface area (Å²) in [5.74, 6) is -1.16. The summed E-state index contributed by atoms with van der Waals surface area (Å²) in [6.07, 6.45) is 2.81. The summed E-state index contributed by atoms with van der Waals surface area (Å²) in [5, 5.41) is 8.98. The maximum Gasteiger partial charge on any atom is 0.326 e. The molecule has 0 aromatic heterocycles. The van der Waals surface area contributed by atoms with Gasteiger partial charge in [-0.05, 0) is 25.7 Å². The fourth-order valence-electron chi connectivity index (χ4n) is 1.84. The lowest BCUT2D eigenvalue weighted by atomic mass is 10.0. The summed E-state index contributed by atoms with van der Waals surface area (Å²) in [4.78, 5) is 24.1. The van der Waals surface area contributed by atoms with Crippen LogP contribution in [0.1, 0.15) is 32.6 Å². The molecule has 1 amide bonds. The molecule has 2 atom stereocenters. The molecule has 0 radical (unpaired) electrons. The second-order valence-electron chi connectivity index (χ2n) is 3.90. The Hall–Kier alpha value is -1.10. The third-order valence-corrected chi connectivity index (χ3v) is 2.83. The summed E-state index contributed by atoms with van der Waals surface area (Å²) in [5.41, 5.74) is 5.63. The Kier molecular flexibility index (Phi) is 4.08. The molecule has 0 aliphatic carbocycles. The standard InChI is InChI=1S/C10H18N2O3/c1-2-7(11)9(13)12-6-4-3-5-8(12)10(14)15/h7-8H,2-6,11H2,1H3,(H,14,15)/t7-,8+/m1/s1. The van der Waals surface area contributed by atoms with Crippen molar-refractivity contribution in [1.82, 2.24) is 4.90 Å². The van der Waals surface area contributed by atoms with Crippen LogP contribution in [0, 0.1) is 0 Å². The molecule has 0 bridgehead atoms. The van der Waals surface area contributed by atoms with Crippen molar-refractivity contribution in [3.05, 3.63) is 0 Å². The minimum Gasteiger partial charge on any atom is -0.480 e. The Morgan fingerprint density at radius 3 is 2.73 bits per heavy atom. The SMILES string of the molecule is CC[C@@H](N)C(=O)N1CCCC[C@H]1C(=O)O. The van der Waals surface area contributed by atoms with Gasteiger partial charge < -0.3 is 15.7 Å². The molecule has 1 heterocycles. The van der Waals surface area contributed by atoms with E-state index < -0.39 is 18.1 Å². The first-order valence-corrected chi connectivity index (χ1v) is 5.36. The minimum atomic E-state index is -0.925. The van der Waals surface area contributed by atoms with Crippen molar-refractivity contribution in [3.63, 3.8) is 0 Å². The second kappa shape index (κ2) is 5.11. The van der Waals surface area contributed by atoms with Crippen molar-refractivity contribution in [3.8, 4) is 0 Å². The molecular formula is C10H18N2O3. The van der Waals surface area contributed by atoms with Crippen LogP contribution in [0.25, 0.3) is 0 Å². The third kappa shape index (κ3) is 2.68. The summed E-state index contributed by atoms with van der Waals surface area (Å²) in [7, 11) is 0. The molecular weight excluding hydrogens is 196 g/mol. The van der Waals surface area contributed by atoms with Gasteiger partial charge in [-0.25, -0.2) is 4.79 Å². The zero-order valence-corrected chi connectivity index (χ0v) is 8.98. The van der Waals surface area contributed by atoms with Gasteiger partial charge in [-0.1, -0.05) is 6.92 Å². The van der Waals surface area contributed by atoms with E-state index in [1.165, 1.54) is 4.90 Å². The van der Waals surface area contributed by atoms with E-state index in [9.17, 15) is 9.59 Å². The zero-order valence-electron chi connectivity index (χ0n) is 8.98. The highest BCUT2D eigenvalue weighted by Crippen LogP contribution is 2.18. The van der Waals surface area contributed by atoms with Crippen LogP contribution in [0.4, 0.5) is 0 Å². The fourth-order valence-corrected chi connectivity index (χ4v) is 1.84. The molecule has 1 fully saturated rings. The number of carboxylic acids is 1. The number of hydrogen-bond acceptors (Lipinski definition) is 3. The summed E-state index contributed by atoms with van der Waals surface area (Å²) in [6.45, 7) is 2.34. The summed E-state index contributed by atoms with van der Waals surface area (Å²) >= 11 is 0. The van der Waals surface area contributed by atoms with Crippen LogP contribution in [0.15, 0.2) is 0 Å². The van der Waals surface area contributed by atoms with Gasteiger partial charge in [0.15, 0.2) is 0 Å². The molecule has 1 aliphatic rings. The fraction of sp³-hybridized carbons (Fsp3) is 0.800. The predicted octanol–water partition coefficient (Wildman–Crippen LogP) is 0.189. The van der Waals surface area contributed by atoms with Crippen LogP contribution < -0.4 is 5.73 Å². The smallest absolute Gasteiger partial charge is 0.326 e. The van der Waals surface area contributed by atoms with E-state index in [1.807, 2.05) is 6.92 Å². The quantitative estimate of drug-likeness (QED) is 0.702. The number of aliphatic carboxylic acids is 1. The Labute approximate surface area is 89.2 Å². The number of nitrogens with zero attached hydrogens (tertiary/aromatic N) is 1. The molecule has 1 saturated heterocycles. The van der Waals surface area contributed by atoms with E-state index >= 15 is 0 Å². The molecule has 0 aromatic carbocycles. The molecule has 86 valence electrons. The van der Waals surface area contributed by atoms with Crippen LogP contribution in [0.5, 0.6) is 0 Å². The van der Waals surface area contributed by atoms with E-state index in [0.717, 1.165) is 12.8 Å². The maximum atomic E-state index is 11.8. The normalized spacial score (nSPS) is 23.6. The zero-order chi connectivity index (χ0) is 11.4. The summed E-state index contributed by atoms with van der Waals surface area (Å²) in [6, 6.07) is -1.24. The molecule has 0 unspecified atom stereocenters. The van der Waals surface area contributed by atoms with E-state index in [2.05, 4.69) is 0 Å². The lowest BCUT2D eigenvalue weighted by molar-refractivity contribution is -0.152. The topological polar surface area (TPSA) is 83.6 Å². The molecule has 0 saturated carbocycles. The van der Waals surface area contributed by atoms with E-state index in [4.69, 9.17) is 10.8 Å². The van der Waals surface area contributed by atoms with Crippen molar-refractivity contribution in [1.29, 1.82) is 0 Å². The first-order chi connectivity index (χ1) is 7.07. The molecule has 5 heteroatoms. The van der Waals surface area contributed by atoms with Gasteiger partial charge in [0.1, 0.15) is 6.04 Å². The molecule has 1 aliphatic heterocycles. The van der Waals surface area contributed by atoms with Gasteiger partial charge >= 0.3 is 5.97 Å². The second-order valence-corrected chi connectivity index (χ2v) is 3.90. The van der Waals surface area contributed by atoms with Crippen LogP contribution >= 0.6 is 0 Å². The largest absolute Gasteiger partial charge is 0.480 e. The van der Waals surface area contributed by atoms with Gasteiger partial charge in [-0.3, -0.25) is 4.79 Å². The maximum absolute atomic E-state index is 11.8. The highest BCUT2D eigenvalue weighted by molar-refractivity contribution is 5.87. The number of nitrogens with two attached hydrogens (primary N) is 1. The molecule has 3 N–H and O–H groups in total. The Balaban J connectivity index is 2.71. The highest BCUT2D eigenvalue weighted by Gasteiger charge is 2.33. The number of carboxylic acid groups (broad SMARTS) is 1. The van der Waals surface area contributed by atoms with Crippen LogP contribution in [0.2, 0.25) is 0 Å². The van der Waals surface area contributed by atoms with Crippen molar-refractivity contribution in [2.75, 3.05) is 6.54 Å². The van der Waals surface area contributed by atoms with Gasteiger partial charge in [-0.2, -0.15) is 0 Å². The lowest BCUT2D eigenvalue weighted by Crippen LogP contribution is -2.53. The average Bonchev–Trinajstić information content (AvgIpc) is 2.27. The first-order valence-electron chi connectivity index (χ1n) is 5.36. The number of rotatable bonds is 3. The minimum absolute atomic E-state index is 0.232. The van der Waals surface area contributed by atoms with E-state index in [-0.39, 0.29) is 5.91 Å².